The van der Waals surface area contributed by atoms with E-state index in [4.69, 9.17) is 0 Å². The minimum atomic E-state index is -1.30. The van der Waals surface area contributed by atoms with Gasteiger partial charge in [-0.2, -0.15) is 0 Å². The molecule has 292 valence electrons. The molecular weight excluding hydrogens is 702 g/mol. The number of carbonyl (C=O) groups excluding carboxylic acids is 11. The van der Waals surface area contributed by atoms with E-state index in [1.54, 1.807) is 0 Å². The Morgan fingerprint density at radius 1 is 0.453 bits per heavy atom. The summed E-state index contributed by atoms with van der Waals surface area (Å²) in [4.78, 5) is 138. The van der Waals surface area contributed by atoms with Crippen LogP contribution in [-0.4, -0.2) is 147 Å². The summed E-state index contributed by atoms with van der Waals surface area (Å²) in [6.45, 7) is -3.89. The standard InChI is InChI=1S/C31H47N11O11/c43-20-6-9-32-21(44)17-40-30(53)31(7-2-3-8-31)41-29(52)19-5-1-4-10-42(19)28(51)18-39-27(50)16-38-26(49)15-37-25(48)14-36-24(47)13-35-23(46)12-34-22(45)11-33-20/h19H,1-18H2,(H,32,44)(H,33,43)(H,34,45)(H,35,46)(H,36,47)(H,37,48)(H,38,49)(H,39,50)(H,40,53)(H,41,52). The second kappa shape index (κ2) is 20.9. The molecule has 0 aromatic heterocycles. The van der Waals surface area contributed by atoms with E-state index in [9.17, 15) is 52.7 Å². The molecule has 22 heteroatoms. The third kappa shape index (κ3) is 14.4. The van der Waals surface area contributed by atoms with Gasteiger partial charge in [-0.05, 0) is 32.1 Å². The summed E-state index contributed by atoms with van der Waals surface area (Å²) in [6, 6.07) is -0.909. The van der Waals surface area contributed by atoms with Crippen molar-refractivity contribution in [1.82, 2.24) is 58.1 Å². The second-order valence-corrected chi connectivity index (χ2v) is 12.6. The third-order valence-electron chi connectivity index (χ3n) is 8.58. The first-order valence-electron chi connectivity index (χ1n) is 17.3. The number of piperidine rings is 1. The highest BCUT2D eigenvalue weighted by atomic mass is 16.2. The minimum absolute atomic E-state index is 0.114. The van der Waals surface area contributed by atoms with Crippen molar-refractivity contribution in [3.05, 3.63) is 0 Å². The van der Waals surface area contributed by atoms with Gasteiger partial charge in [0.25, 0.3) is 0 Å². The van der Waals surface area contributed by atoms with E-state index in [2.05, 4.69) is 53.2 Å². The lowest BCUT2D eigenvalue weighted by Gasteiger charge is -2.37. The number of hydrogen-bond acceptors (Lipinski definition) is 11. The Balaban J connectivity index is 1.61. The molecule has 1 unspecified atom stereocenters. The fourth-order valence-corrected chi connectivity index (χ4v) is 5.73. The first-order chi connectivity index (χ1) is 25.3. The van der Waals surface area contributed by atoms with E-state index in [1.165, 1.54) is 4.90 Å². The summed E-state index contributed by atoms with van der Waals surface area (Å²) < 4.78 is 0. The van der Waals surface area contributed by atoms with E-state index in [0.29, 0.717) is 44.9 Å². The van der Waals surface area contributed by atoms with Crippen molar-refractivity contribution < 1.29 is 52.7 Å². The molecule has 0 aromatic carbocycles. The van der Waals surface area contributed by atoms with Crippen molar-refractivity contribution in [3.63, 3.8) is 0 Å². The molecular formula is C31H47N11O11. The largest absolute Gasteiger partial charge is 0.354 e. The van der Waals surface area contributed by atoms with Gasteiger partial charge in [0.2, 0.25) is 65.0 Å². The molecule has 1 aliphatic carbocycles. The van der Waals surface area contributed by atoms with Gasteiger partial charge in [0, 0.05) is 19.5 Å². The van der Waals surface area contributed by atoms with Crippen LogP contribution in [0.15, 0.2) is 0 Å². The molecule has 2 saturated heterocycles. The molecule has 0 radical (unpaired) electrons. The highest BCUT2D eigenvalue weighted by Gasteiger charge is 2.45. The van der Waals surface area contributed by atoms with Gasteiger partial charge >= 0.3 is 0 Å². The fraction of sp³-hybridized carbons (Fsp3) is 0.645. The van der Waals surface area contributed by atoms with Crippen molar-refractivity contribution in [3.8, 4) is 0 Å². The average Bonchev–Trinajstić information content (AvgIpc) is 3.63. The molecule has 1 atom stereocenters. The van der Waals surface area contributed by atoms with E-state index in [0.717, 1.165) is 0 Å². The molecule has 0 bridgehead atoms. The number of hydrogen-bond donors (Lipinski definition) is 10. The third-order valence-corrected chi connectivity index (χ3v) is 8.58. The van der Waals surface area contributed by atoms with Crippen LogP contribution in [0.1, 0.15) is 51.4 Å². The predicted octanol–water partition coefficient (Wildman–Crippen LogP) is -6.75. The molecule has 0 aromatic rings. The molecule has 1 saturated carbocycles. The summed E-state index contributed by atoms with van der Waals surface area (Å²) in [5.41, 5.74) is -1.30. The Morgan fingerprint density at radius 2 is 0.868 bits per heavy atom. The van der Waals surface area contributed by atoms with E-state index < -0.39 is 129 Å². The fourth-order valence-electron chi connectivity index (χ4n) is 5.73. The smallest absolute Gasteiger partial charge is 0.246 e. The Bertz CT molecular complexity index is 1450. The van der Waals surface area contributed by atoms with Crippen LogP contribution in [-0.2, 0) is 52.7 Å². The van der Waals surface area contributed by atoms with Gasteiger partial charge in [-0.3, -0.25) is 52.7 Å². The zero-order chi connectivity index (χ0) is 38.8. The molecule has 3 aliphatic rings. The number of amides is 11. The summed E-state index contributed by atoms with van der Waals surface area (Å²) in [7, 11) is 0. The molecule has 3 fully saturated rings. The van der Waals surface area contributed by atoms with Gasteiger partial charge in [-0.25, -0.2) is 0 Å². The molecule has 1 spiro atoms. The van der Waals surface area contributed by atoms with Crippen LogP contribution in [0.25, 0.3) is 0 Å². The van der Waals surface area contributed by atoms with Crippen LogP contribution in [0.4, 0.5) is 0 Å². The van der Waals surface area contributed by atoms with Crippen molar-refractivity contribution in [2.45, 2.75) is 62.9 Å². The Labute approximate surface area is 304 Å². The van der Waals surface area contributed by atoms with Gasteiger partial charge in [0.1, 0.15) is 11.6 Å². The normalized spacial score (nSPS) is 23.6. The summed E-state index contributed by atoms with van der Waals surface area (Å²) >= 11 is 0. The van der Waals surface area contributed by atoms with Gasteiger partial charge in [-0.15, -0.1) is 0 Å². The summed E-state index contributed by atoms with van der Waals surface area (Å²) in [5, 5.41) is 23.8. The maximum atomic E-state index is 13.6. The average molecular weight is 750 g/mol. The number of rotatable bonds is 0. The molecule has 2 heterocycles. The lowest BCUT2D eigenvalue weighted by Crippen LogP contribution is -2.63. The molecule has 22 nitrogen and oxygen atoms in total. The quantitative estimate of drug-likeness (QED) is 0.111. The van der Waals surface area contributed by atoms with Crippen LogP contribution >= 0.6 is 0 Å². The monoisotopic (exact) mass is 749 g/mol. The van der Waals surface area contributed by atoms with E-state index >= 15 is 0 Å². The zero-order valence-electron chi connectivity index (χ0n) is 29.2. The molecule has 53 heavy (non-hydrogen) atoms. The molecule has 11 amide bonds. The first kappa shape index (κ1) is 41.6. The summed E-state index contributed by atoms with van der Waals surface area (Å²) in [5.74, 6) is -7.24. The van der Waals surface area contributed by atoms with Crippen molar-refractivity contribution in [1.29, 1.82) is 0 Å². The Hall–Kier alpha value is -5.83. The highest BCUT2D eigenvalue weighted by molar-refractivity contribution is 5.97. The molecule has 3 rings (SSSR count). The molecule has 2 aliphatic heterocycles. The molecule has 10 N–H and O–H groups in total. The van der Waals surface area contributed by atoms with Gasteiger partial charge < -0.3 is 58.1 Å². The Morgan fingerprint density at radius 3 is 1.36 bits per heavy atom. The van der Waals surface area contributed by atoms with Crippen LogP contribution in [0.2, 0.25) is 0 Å². The van der Waals surface area contributed by atoms with Gasteiger partial charge in [-0.1, -0.05) is 12.8 Å². The van der Waals surface area contributed by atoms with Crippen molar-refractivity contribution >= 4 is 65.0 Å². The maximum absolute atomic E-state index is 13.6. The van der Waals surface area contributed by atoms with Crippen LogP contribution in [0.5, 0.6) is 0 Å². The highest BCUT2D eigenvalue weighted by Crippen LogP contribution is 2.31. The van der Waals surface area contributed by atoms with E-state index in [1.807, 2.05) is 0 Å². The van der Waals surface area contributed by atoms with Gasteiger partial charge in [0.15, 0.2) is 0 Å². The number of nitrogens with zero attached hydrogens (tertiary/aromatic N) is 1. The maximum Gasteiger partial charge on any atom is 0.246 e. The number of nitrogens with one attached hydrogen (secondary N) is 10. The SMILES string of the molecule is O=C1CCNC(=O)CNC(=O)C2(CCCC2)NC(=O)C2CCCCN2C(=O)CNC(=O)CNC(=O)CNC(=O)CNC(=O)CNC(=O)CNC(=O)CN1. The predicted molar refractivity (Wildman–Crippen MR) is 180 cm³/mol. The zero-order valence-corrected chi connectivity index (χ0v) is 29.2. The van der Waals surface area contributed by atoms with Crippen molar-refractivity contribution in [2.24, 2.45) is 0 Å². The lowest BCUT2D eigenvalue weighted by molar-refractivity contribution is -0.144. The minimum Gasteiger partial charge on any atom is -0.354 e. The summed E-state index contributed by atoms with van der Waals surface area (Å²) in [6.07, 6.45) is 3.29. The second-order valence-electron chi connectivity index (χ2n) is 12.6. The van der Waals surface area contributed by atoms with E-state index in [-0.39, 0.29) is 19.5 Å². The lowest BCUT2D eigenvalue weighted by atomic mass is 9.93. The van der Waals surface area contributed by atoms with Gasteiger partial charge in [0.05, 0.1) is 52.4 Å². The Kier molecular flexibility index (Phi) is 16.4. The van der Waals surface area contributed by atoms with Crippen LogP contribution < -0.4 is 53.2 Å². The van der Waals surface area contributed by atoms with Crippen LogP contribution in [0, 0.1) is 0 Å². The number of fused-ring (bicyclic) bond motifs is 1. The first-order valence-corrected chi connectivity index (χ1v) is 17.3. The van der Waals surface area contributed by atoms with Crippen LogP contribution in [0.3, 0.4) is 0 Å². The van der Waals surface area contributed by atoms with Crippen molar-refractivity contribution in [2.75, 3.05) is 65.4 Å². The number of carbonyl (C=O) groups is 11. The topological polar surface area (TPSA) is 311 Å².